The average molecular weight is 395 g/mol. The summed E-state index contributed by atoms with van der Waals surface area (Å²) in [6.45, 7) is 11.7. The van der Waals surface area contributed by atoms with Gasteiger partial charge < -0.3 is 9.16 Å². The summed E-state index contributed by atoms with van der Waals surface area (Å²) in [6.07, 6.45) is 4.47. The first-order valence-corrected chi connectivity index (χ1v) is 12.2. The van der Waals surface area contributed by atoms with Crippen molar-refractivity contribution in [3.8, 4) is 0 Å². The van der Waals surface area contributed by atoms with E-state index in [4.69, 9.17) is 9.16 Å². The van der Waals surface area contributed by atoms with Gasteiger partial charge in [0.25, 0.3) is 8.32 Å². The van der Waals surface area contributed by atoms with Gasteiger partial charge in [0, 0.05) is 13.7 Å². The fourth-order valence-electron chi connectivity index (χ4n) is 4.67. The Kier molecular flexibility index (Phi) is 6.59. The lowest BCUT2D eigenvalue weighted by Gasteiger charge is -2.46. The van der Waals surface area contributed by atoms with Gasteiger partial charge in [-0.25, -0.2) is 0 Å². The summed E-state index contributed by atoms with van der Waals surface area (Å²) in [4.78, 5) is 0. The molecule has 3 rings (SSSR count). The quantitative estimate of drug-likeness (QED) is 0.473. The highest BCUT2D eigenvalue weighted by atomic mass is 28.4. The SMILES string of the molecule is C=C[C@H](OC)[C@@H]1CC[C@H]1CO[Si](c1ccccc1)(c1ccccc1)C(C)(C)C. The summed E-state index contributed by atoms with van der Waals surface area (Å²) in [5.41, 5.74) is 0. The van der Waals surface area contributed by atoms with E-state index in [2.05, 4.69) is 88.0 Å². The van der Waals surface area contributed by atoms with E-state index in [0.29, 0.717) is 11.8 Å². The molecule has 150 valence electrons. The van der Waals surface area contributed by atoms with E-state index in [-0.39, 0.29) is 11.1 Å². The molecule has 2 nitrogen and oxygen atoms in total. The molecule has 28 heavy (non-hydrogen) atoms. The van der Waals surface area contributed by atoms with Crippen molar-refractivity contribution in [1.29, 1.82) is 0 Å². The summed E-state index contributed by atoms with van der Waals surface area (Å²) in [7, 11) is -0.663. The van der Waals surface area contributed by atoms with Crippen LogP contribution in [0.2, 0.25) is 5.04 Å². The average Bonchev–Trinajstić information content (AvgIpc) is 2.68. The van der Waals surface area contributed by atoms with Crippen LogP contribution >= 0.6 is 0 Å². The zero-order valence-electron chi connectivity index (χ0n) is 17.7. The van der Waals surface area contributed by atoms with Crippen molar-refractivity contribution in [3.05, 3.63) is 73.3 Å². The number of methoxy groups -OCH3 is 1. The summed E-state index contributed by atoms with van der Waals surface area (Å²) in [6, 6.07) is 21.8. The smallest absolute Gasteiger partial charge is 0.261 e. The molecule has 0 bridgehead atoms. The molecule has 2 aromatic carbocycles. The fourth-order valence-corrected chi connectivity index (χ4v) is 9.29. The van der Waals surface area contributed by atoms with Crippen LogP contribution in [0.3, 0.4) is 0 Å². The molecule has 3 heteroatoms. The van der Waals surface area contributed by atoms with E-state index in [1.54, 1.807) is 7.11 Å². The second-order valence-electron chi connectivity index (χ2n) is 8.91. The maximum Gasteiger partial charge on any atom is 0.261 e. The van der Waals surface area contributed by atoms with E-state index in [1.165, 1.54) is 23.2 Å². The van der Waals surface area contributed by atoms with Crippen LogP contribution in [0.1, 0.15) is 33.6 Å². The zero-order valence-corrected chi connectivity index (χ0v) is 18.7. The number of hydrogen-bond donors (Lipinski definition) is 0. The molecule has 1 aliphatic carbocycles. The van der Waals surface area contributed by atoms with Gasteiger partial charge in [-0.1, -0.05) is 87.5 Å². The van der Waals surface area contributed by atoms with Gasteiger partial charge in [0.05, 0.1) is 6.10 Å². The molecule has 1 saturated carbocycles. The second-order valence-corrected chi connectivity index (χ2v) is 13.2. The highest BCUT2D eigenvalue weighted by Crippen LogP contribution is 2.42. The van der Waals surface area contributed by atoms with E-state index in [0.717, 1.165) is 6.61 Å². The minimum Gasteiger partial charge on any atom is -0.407 e. The Morgan fingerprint density at radius 3 is 1.89 bits per heavy atom. The summed E-state index contributed by atoms with van der Waals surface area (Å²) in [5.74, 6) is 1.05. The Morgan fingerprint density at radius 2 is 1.54 bits per heavy atom. The molecule has 0 aliphatic heterocycles. The highest BCUT2D eigenvalue weighted by Gasteiger charge is 2.51. The summed E-state index contributed by atoms with van der Waals surface area (Å²) < 4.78 is 12.7. The van der Waals surface area contributed by atoms with Gasteiger partial charge in [-0.15, -0.1) is 6.58 Å². The molecule has 0 heterocycles. The lowest BCUT2D eigenvalue weighted by Crippen LogP contribution is -2.67. The largest absolute Gasteiger partial charge is 0.407 e. The van der Waals surface area contributed by atoms with Gasteiger partial charge >= 0.3 is 0 Å². The number of benzene rings is 2. The van der Waals surface area contributed by atoms with Crippen LogP contribution in [-0.4, -0.2) is 28.1 Å². The monoisotopic (exact) mass is 394 g/mol. The van der Waals surface area contributed by atoms with Gasteiger partial charge in [-0.3, -0.25) is 0 Å². The van der Waals surface area contributed by atoms with Crippen molar-refractivity contribution in [1.82, 2.24) is 0 Å². The van der Waals surface area contributed by atoms with Crippen molar-refractivity contribution < 1.29 is 9.16 Å². The molecule has 0 N–H and O–H groups in total. The second kappa shape index (κ2) is 8.77. The van der Waals surface area contributed by atoms with Gasteiger partial charge in [0.1, 0.15) is 0 Å². The lowest BCUT2D eigenvalue weighted by atomic mass is 9.71. The van der Waals surface area contributed by atoms with Crippen LogP contribution in [0.15, 0.2) is 73.3 Å². The minimum absolute atomic E-state index is 0.0219. The van der Waals surface area contributed by atoms with Gasteiger partial charge in [-0.2, -0.15) is 0 Å². The summed E-state index contributed by atoms with van der Waals surface area (Å²) in [5, 5.41) is 2.71. The number of rotatable bonds is 8. The van der Waals surface area contributed by atoms with Crippen LogP contribution in [0.4, 0.5) is 0 Å². The molecule has 0 radical (unpaired) electrons. The van der Waals surface area contributed by atoms with Gasteiger partial charge in [0.2, 0.25) is 0 Å². The third kappa shape index (κ3) is 3.89. The molecule has 2 aromatic rings. The van der Waals surface area contributed by atoms with Crippen molar-refractivity contribution in [2.24, 2.45) is 11.8 Å². The first kappa shape index (κ1) is 21.0. The number of hydrogen-bond acceptors (Lipinski definition) is 2. The molecule has 1 aliphatic rings. The van der Waals surface area contributed by atoms with E-state index in [9.17, 15) is 0 Å². The third-order valence-corrected chi connectivity index (χ3v) is 11.3. The van der Waals surface area contributed by atoms with Crippen molar-refractivity contribution in [3.63, 3.8) is 0 Å². The summed E-state index contributed by atoms with van der Waals surface area (Å²) >= 11 is 0. The maximum atomic E-state index is 7.09. The highest BCUT2D eigenvalue weighted by molar-refractivity contribution is 6.99. The van der Waals surface area contributed by atoms with Crippen LogP contribution in [0.25, 0.3) is 0 Å². The van der Waals surface area contributed by atoms with Crippen LogP contribution in [0, 0.1) is 11.8 Å². The molecule has 0 saturated heterocycles. The van der Waals surface area contributed by atoms with Crippen LogP contribution in [0.5, 0.6) is 0 Å². The van der Waals surface area contributed by atoms with Gasteiger partial charge in [-0.05, 0) is 40.1 Å². The number of ether oxygens (including phenoxy) is 1. The molecular weight excluding hydrogens is 360 g/mol. The molecule has 0 spiro atoms. The predicted octanol–water partition coefficient (Wildman–Crippen LogP) is 4.79. The topological polar surface area (TPSA) is 18.5 Å². The molecular formula is C25H34O2Si. The molecule has 3 atom stereocenters. The third-order valence-electron chi connectivity index (χ3n) is 6.33. The van der Waals surface area contributed by atoms with E-state index in [1.807, 2.05) is 6.08 Å². The van der Waals surface area contributed by atoms with Crippen molar-refractivity contribution in [2.45, 2.75) is 44.8 Å². The predicted molar refractivity (Wildman–Crippen MR) is 121 cm³/mol. The Hall–Kier alpha value is -1.68. The lowest BCUT2D eigenvalue weighted by molar-refractivity contribution is -0.00857. The minimum atomic E-state index is -2.45. The first-order chi connectivity index (χ1) is 13.4. The van der Waals surface area contributed by atoms with Gasteiger partial charge in [0.15, 0.2) is 0 Å². The zero-order chi connectivity index (χ0) is 20.2. The van der Waals surface area contributed by atoms with E-state index < -0.39 is 8.32 Å². The molecule has 0 unspecified atom stereocenters. The molecule has 0 amide bonds. The van der Waals surface area contributed by atoms with E-state index >= 15 is 0 Å². The van der Waals surface area contributed by atoms with Crippen LogP contribution in [-0.2, 0) is 9.16 Å². The fraction of sp³-hybridized carbons (Fsp3) is 0.440. The van der Waals surface area contributed by atoms with Crippen LogP contribution < -0.4 is 10.4 Å². The Balaban J connectivity index is 1.96. The van der Waals surface area contributed by atoms with Crippen molar-refractivity contribution in [2.75, 3.05) is 13.7 Å². The Bertz CT molecular complexity index is 712. The molecule has 0 aromatic heterocycles. The normalized spacial score (nSPS) is 21.0. The standard InChI is InChI=1S/C25H34O2Si/c1-6-24(26-5)23-18-17-20(23)19-27-28(25(2,3)4,21-13-9-7-10-14-21)22-15-11-8-12-16-22/h6-16,20,23-24H,1,17-19H2,2-5H3/t20-,23+,24-/m0/s1. The Morgan fingerprint density at radius 1 is 1.00 bits per heavy atom. The first-order valence-electron chi connectivity index (χ1n) is 10.3. The molecule has 1 fully saturated rings. The Labute approximate surface area is 171 Å². The maximum absolute atomic E-state index is 7.09. The van der Waals surface area contributed by atoms with Crippen molar-refractivity contribution >= 4 is 18.7 Å².